The highest BCUT2D eigenvalue weighted by molar-refractivity contribution is 6.30. The number of ether oxygens (including phenoxy) is 1. The third-order valence-corrected chi connectivity index (χ3v) is 4.76. The Bertz CT molecular complexity index is 718. The highest BCUT2D eigenvalue weighted by atomic mass is 35.5. The Morgan fingerprint density at radius 1 is 1.22 bits per heavy atom. The number of benzene rings is 1. The van der Waals surface area contributed by atoms with Gasteiger partial charge in [0.25, 0.3) is 0 Å². The third kappa shape index (κ3) is 5.12. The van der Waals surface area contributed by atoms with Crippen LogP contribution in [0.15, 0.2) is 18.2 Å². The van der Waals surface area contributed by atoms with E-state index in [2.05, 4.69) is 0 Å². The highest BCUT2D eigenvalue weighted by Gasteiger charge is 2.39. The number of amides is 2. The van der Waals surface area contributed by atoms with Crippen LogP contribution < -0.4 is 0 Å². The van der Waals surface area contributed by atoms with Gasteiger partial charge in [0, 0.05) is 25.0 Å². The van der Waals surface area contributed by atoms with Crippen LogP contribution in [0.4, 0.5) is 9.18 Å². The molecule has 0 aliphatic carbocycles. The fourth-order valence-corrected chi connectivity index (χ4v) is 3.33. The first kappa shape index (κ1) is 21.5. The summed E-state index contributed by atoms with van der Waals surface area (Å²) in [6.45, 7) is 11.6. The number of rotatable bonds is 2. The minimum absolute atomic E-state index is 0.0167. The second-order valence-electron chi connectivity index (χ2n) is 8.32. The van der Waals surface area contributed by atoms with Crippen molar-refractivity contribution in [2.75, 3.05) is 13.1 Å². The van der Waals surface area contributed by atoms with Gasteiger partial charge in [0.1, 0.15) is 11.4 Å². The molecule has 2 rings (SSSR count). The number of halogens is 2. The molecule has 1 fully saturated rings. The van der Waals surface area contributed by atoms with E-state index in [1.54, 1.807) is 36.6 Å². The molecule has 1 heterocycles. The van der Waals surface area contributed by atoms with Gasteiger partial charge in [-0.25, -0.2) is 9.18 Å². The van der Waals surface area contributed by atoms with Crippen LogP contribution in [0.1, 0.15) is 53.1 Å². The summed E-state index contributed by atoms with van der Waals surface area (Å²) in [5, 5.41) is -0.0167. The summed E-state index contributed by atoms with van der Waals surface area (Å²) in [5.74, 6) is -0.661. The maximum Gasteiger partial charge on any atom is 0.410 e. The summed E-state index contributed by atoms with van der Waals surface area (Å²) >= 11 is 5.95. The number of hydrogen-bond donors (Lipinski definition) is 0. The predicted molar refractivity (Wildman–Crippen MR) is 103 cm³/mol. The van der Waals surface area contributed by atoms with E-state index in [1.807, 2.05) is 20.8 Å². The van der Waals surface area contributed by atoms with Gasteiger partial charge in [0.15, 0.2) is 0 Å². The number of carbonyl (C=O) groups excluding carboxylic acids is 2. The minimum Gasteiger partial charge on any atom is -0.444 e. The SMILES string of the molecule is CC(C)C(=O)N1C[C@@H](c2ccc(F)c(Cl)c2)N(C(=O)OC(C)(C)C)C[C@H]1C. The monoisotopic (exact) mass is 398 g/mol. The summed E-state index contributed by atoms with van der Waals surface area (Å²) in [6, 6.07) is 3.76. The van der Waals surface area contributed by atoms with Crippen LogP contribution >= 0.6 is 11.6 Å². The van der Waals surface area contributed by atoms with E-state index in [0.717, 1.165) is 0 Å². The van der Waals surface area contributed by atoms with Gasteiger partial charge in [-0.3, -0.25) is 9.69 Å². The molecule has 5 nitrogen and oxygen atoms in total. The van der Waals surface area contributed by atoms with Crippen molar-refractivity contribution >= 4 is 23.6 Å². The zero-order chi connectivity index (χ0) is 20.5. The van der Waals surface area contributed by atoms with Crippen LogP contribution in [0, 0.1) is 11.7 Å². The van der Waals surface area contributed by atoms with Crippen molar-refractivity contribution in [2.45, 2.75) is 59.2 Å². The van der Waals surface area contributed by atoms with Crippen LogP contribution in [0.3, 0.4) is 0 Å². The van der Waals surface area contributed by atoms with E-state index in [9.17, 15) is 14.0 Å². The lowest BCUT2D eigenvalue weighted by Gasteiger charge is -2.46. The molecule has 0 aromatic heterocycles. The topological polar surface area (TPSA) is 49.9 Å². The largest absolute Gasteiger partial charge is 0.444 e. The van der Waals surface area contributed by atoms with Gasteiger partial charge in [-0.1, -0.05) is 31.5 Å². The Kier molecular flexibility index (Phi) is 6.40. The summed E-state index contributed by atoms with van der Waals surface area (Å²) < 4.78 is 19.2. The molecular weight excluding hydrogens is 371 g/mol. The summed E-state index contributed by atoms with van der Waals surface area (Å²) in [7, 11) is 0. The Balaban J connectivity index is 2.40. The quantitative estimate of drug-likeness (QED) is 0.728. The average Bonchev–Trinajstić information content (AvgIpc) is 2.55. The lowest BCUT2D eigenvalue weighted by Crippen LogP contribution is -2.58. The van der Waals surface area contributed by atoms with Gasteiger partial charge in [0.2, 0.25) is 5.91 Å². The first-order valence-electron chi connectivity index (χ1n) is 9.15. The molecule has 1 aromatic rings. The molecule has 150 valence electrons. The van der Waals surface area contributed by atoms with Crippen LogP contribution in [-0.4, -0.2) is 46.5 Å². The van der Waals surface area contributed by atoms with Crippen molar-refractivity contribution in [1.82, 2.24) is 9.80 Å². The van der Waals surface area contributed by atoms with Crippen molar-refractivity contribution in [2.24, 2.45) is 5.92 Å². The summed E-state index contributed by atoms with van der Waals surface area (Å²) in [4.78, 5) is 28.8. The second kappa shape index (κ2) is 8.05. The van der Waals surface area contributed by atoms with Crippen LogP contribution in [0.2, 0.25) is 5.02 Å². The highest BCUT2D eigenvalue weighted by Crippen LogP contribution is 2.32. The van der Waals surface area contributed by atoms with E-state index in [1.165, 1.54) is 12.1 Å². The molecule has 1 aromatic carbocycles. The Hall–Kier alpha value is -1.82. The molecule has 7 heteroatoms. The summed E-state index contributed by atoms with van der Waals surface area (Å²) in [6.07, 6.45) is -0.462. The fourth-order valence-electron chi connectivity index (χ4n) is 3.14. The van der Waals surface area contributed by atoms with Crippen LogP contribution in [-0.2, 0) is 9.53 Å². The second-order valence-corrected chi connectivity index (χ2v) is 8.72. The van der Waals surface area contributed by atoms with E-state index in [0.29, 0.717) is 18.7 Å². The minimum atomic E-state index is -0.643. The molecule has 1 aliphatic heterocycles. The molecule has 0 bridgehead atoms. The zero-order valence-electron chi connectivity index (χ0n) is 16.8. The van der Waals surface area contributed by atoms with E-state index < -0.39 is 23.6 Å². The number of hydrogen-bond acceptors (Lipinski definition) is 3. The van der Waals surface area contributed by atoms with Crippen molar-refractivity contribution in [3.8, 4) is 0 Å². The first-order chi connectivity index (χ1) is 12.4. The fraction of sp³-hybridized carbons (Fsp3) is 0.600. The van der Waals surface area contributed by atoms with E-state index in [4.69, 9.17) is 16.3 Å². The van der Waals surface area contributed by atoms with Crippen molar-refractivity contribution < 1.29 is 18.7 Å². The van der Waals surface area contributed by atoms with Gasteiger partial charge in [-0.2, -0.15) is 0 Å². The number of piperazine rings is 1. The Labute approximate surface area is 165 Å². The molecule has 27 heavy (non-hydrogen) atoms. The number of nitrogens with zero attached hydrogens (tertiary/aromatic N) is 2. The molecule has 1 saturated heterocycles. The van der Waals surface area contributed by atoms with Gasteiger partial charge < -0.3 is 9.64 Å². The lowest BCUT2D eigenvalue weighted by atomic mass is 9.98. The molecule has 0 unspecified atom stereocenters. The molecule has 0 radical (unpaired) electrons. The van der Waals surface area contributed by atoms with Crippen molar-refractivity contribution in [3.05, 3.63) is 34.6 Å². The van der Waals surface area contributed by atoms with E-state index >= 15 is 0 Å². The maximum atomic E-state index is 13.6. The van der Waals surface area contributed by atoms with Crippen molar-refractivity contribution in [3.63, 3.8) is 0 Å². The van der Waals surface area contributed by atoms with Crippen molar-refractivity contribution in [1.29, 1.82) is 0 Å². The average molecular weight is 399 g/mol. The third-order valence-electron chi connectivity index (χ3n) is 4.47. The first-order valence-corrected chi connectivity index (χ1v) is 9.53. The number of carbonyl (C=O) groups is 2. The van der Waals surface area contributed by atoms with Gasteiger partial charge >= 0.3 is 6.09 Å². The van der Waals surface area contributed by atoms with Gasteiger partial charge in [-0.05, 0) is 45.4 Å². The molecule has 0 saturated carbocycles. The Morgan fingerprint density at radius 2 is 1.85 bits per heavy atom. The molecule has 0 spiro atoms. The normalized spacial score (nSPS) is 20.8. The smallest absolute Gasteiger partial charge is 0.410 e. The van der Waals surface area contributed by atoms with Crippen LogP contribution in [0.25, 0.3) is 0 Å². The standard InChI is InChI=1S/C20H28ClFN2O3/c1-12(2)18(25)23-11-17(14-7-8-16(22)15(21)9-14)24(10-13(23)3)19(26)27-20(4,5)6/h7-9,12-13,17H,10-11H2,1-6H3/t13-,17+/m1/s1. The maximum absolute atomic E-state index is 13.6. The Morgan fingerprint density at radius 3 is 2.37 bits per heavy atom. The molecule has 1 aliphatic rings. The molecule has 2 amide bonds. The summed E-state index contributed by atoms with van der Waals surface area (Å²) in [5.41, 5.74) is 0.0247. The zero-order valence-corrected chi connectivity index (χ0v) is 17.5. The predicted octanol–water partition coefficient (Wildman–Crippen LogP) is 4.64. The van der Waals surface area contributed by atoms with Gasteiger partial charge in [0.05, 0.1) is 11.1 Å². The lowest BCUT2D eigenvalue weighted by molar-refractivity contribution is -0.140. The molecule has 0 N–H and O–H groups in total. The molecular formula is C20H28ClFN2O3. The van der Waals surface area contributed by atoms with Crippen LogP contribution in [0.5, 0.6) is 0 Å². The molecule has 2 atom stereocenters. The van der Waals surface area contributed by atoms with E-state index in [-0.39, 0.29) is 22.9 Å². The van der Waals surface area contributed by atoms with Gasteiger partial charge in [-0.15, -0.1) is 0 Å².